The quantitative estimate of drug-likeness (QED) is 0.864. The molecule has 0 aromatic heterocycles. The summed E-state index contributed by atoms with van der Waals surface area (Å²) in [6, 6.07) is 8.80. The summed E-state index contributed by atoms with van der Waals surface area (Å²) >= 11 is 0. The number of carbonyl (C=O) groups excluding carboxylic acids is 1. The van der Waals surface area contributed by atoms with Gasteiger partial charge in [-0.2, -0.15) is 0 Å². The molecule has 0 bridgehead atoms. The summed E-state index contributed by atoms with van der Waals surface area (Å²) < 4.78 is 0. The second kappa shape index (κ2) is 7.29. The summed E-state index contributed by atoms with van der Waals surface area (Å²) in [4.78, 5) is 14.2. The first kappa shape index (κ1) is 14.9. The van der Waals surface area contributed by atoms with Crippen molar-refractivity contribution in [1.82, 2.24) is 10.6 Å². The highest BCUT2D eigenvalue weighted by atomic mass is 16.2. The Bertz CT molecular complexity index is 447. The molecule has 0 fully saturated rings. The van der Waals surface area contributed by atoms with Crippen LogP contribution >= 0.6 is 0 Å². The van der Waals surface area contributed by atoms with E-state index in [2.05, 4.69) is 40.7 Å². The molecule has 1 aromatic rings. The fourth-order valence-electron chi connectivity index (χ4n) is 2.79. The van der Waals surface area contributed by atoms with Crippen LogP contribution in [0.25, 0.3) is 0 Å². The van der Waals surface area contributed by atoms with E-state index < -0.39 is 0 Å². The molecule has 0 saturated heterocycles. The zero-order valence-electron chi connectivity index (χ0n) is 12.5. The largest absolute Gasteiger partial charge is 0.362 e. The first-order valence-corrected chi connectivity index (χ1v) is 7.54. The Morgan fingerprint density at radius 1 is 1.40 bits per heavy atom. The van der Waals surface area contributed by atoms with Gasteiger partial charge >= 0.3 is 0 Å². The van der Waals surface area contributed by atoms with Gasteiger partial charge in [0.25, 0.3) is 0 Å². The lowest BCUT2D eigenvalue weighted by molar-refractivity contribution is -0.119. The molecule has 0 aliphatic carbocycles. The van der Waals surface area contributed by atoms with Crippen molar-refractivity contribution in [1.29, 1.82) is 0 Å². The lowest BCUT2D eigenvalue weighted by atomic mass is 10.0. The predicted octanol–water partition coefficient (Wildman–Crippen LogP) is 2.07. The van der Waals surface area contributed by atoms with Gasteiger partial charge in [0, 0.05) is 24.8 Å². The minimum Gasteiger partial charge on any atom is -0.362 e. The second-order valence-electron chi connectivity index (χ2n) is 5.31. The minimum atomic E-state index is 0.115. The number of amides is 1. The highest BCUT2D eigenvalue weighted by Crippen LogP contribution is 2.32. The molecule has 0 spiro atoms. The number of anilines is 1. The molecule has 0 saturated carbocycles. The minimum absolute atomic E-state index is 0.115. The Hall–Kier alpha value is -1.55. The van der Waals surface area contributed by atoms with Crippen LogP contribution in [0.1, 0.15) is 37.8 Å². The van der Waals surface area contributed by atoms with E-state index in [0.29, 0.717) is 12.6 Å². The van der Waals surface area contributed by atoms with Crippen molar-refractivity contribution in [3.63, 3.8) is 0 Å². The van der Waals surface area contributed by atoms with Crippen LogP contribution in [-0.4, -0.2) is 32.6 Å². The van der Waals surface area contributed by atoms with Gasteiger partial charge in [-0.25, -0.2) is 0 Å². The summed E-state index contributed by atoms with van der Waals surface area (Å²) in [5.74, 6) is 0.115. The second-order valence-corrected chi connectivity index (χ2v) is 5.31. The first-order valence-electron chi connectivity index (χ1n) is 7.54. The van der Waals surface area contributed by atoms with Crippen LogP contribution < -0.4 is 15.5 Å². The van der Waals surface area contributed by atoms with Crippen LogP contribution in [0.3, 0.4) is 0 Å². The van der Waals surface area contributed by atoms with E-state index in [4.69, 9.17) is 0 Å². The average molecular weight is 275 g/mol. The Kier molecular flexibility index (Phi) is 5.41. The number of hydrogen-bond donors (Lipinski definition) is 2. The van der Waals surface area contributed by atoms with Crippen molar-refractivity contribution in [3.05, 3.63) is 29.8 Å². The van der Waals surface area contributed by atoms with E-state index in [1.165, 1.54) is 11.3 Å². The Morgan fingerprint density at radius 2 is 2.20 bits per heavy atom. The summed E-state index contributed by atoms with van der Waals surface area (Å²) in [5, 5.41) is 6.34. The molecule has 1 atom stereocenters. The number of nitrogens with zero attached hydrogens (tertiary/aromatic N) is 1. The molecule has 0 radical (unpaired) electrons. The molecular formula is C16H25N3O. The van der Waals surface area contributed by atoms with Crippen molar-refractivity contribution in [2.45, 2.75) is 32.2 Å². The van der Waals surface area contributed by atoms with Gasteiger partial charge in [-0.05, 0) is 37.9 Å². The number of carbonyl (C=O) groups is 1. The summed E-state index contributed by atoms with van der Waals surface area (Å²) in [7, 11) is 2.01. The van der Waals surface area contributed by atoms with Crippen LogP contribution in [0, 0.1) is 0 Å². The smallest absolute Gasteiger partial charge is 0.239 e. The highest BCUT2D eigenvalue weighted by Gasteiger charge is 2.22. The number of fused-ring (bicyclic) bond motifs is 1. The third-order valence-electron chi connectivity index (χ3n) is 3.83. The van der Waals surface area contributed by atoms with E-state index in [1.54, 1.807) is 0 Å². The topological polar surface area (TPSA) is 44.4 Å². The summed E-state index contributed by atoms with van der Waals surface area (Å²) in [6.07, 6.45) is 3.19. The number of nitrogens with one attached hydrogen (secondary N) is 2. The molecule has 2 N–H and O–H groups in total. The molecule has 4 nitrogen and oxygen atoms in total. The Balaban J connectivity index is 2.15. The zero-order chi connectivity index (χ0) is 14.4. The fraction of sp³-hybridized carbons (Fsp3) is 0.562. The zero-order valence-corrected chi connectivity index (χ0v) is 12.5. The third kappa shape index (κ3) is 3.51. The van der Waals surface area contributed by atoms with Crippen LogP contribution in [0.2, 0.25) is 0 Å². The number of para-hydroxylation sites is 1. The van der Waals surface area contributed by atoms with Gasteiger partial charge in [0.15, 0.2) is 0 Å². The predicted molar refractivity (Wildman–Crippen MR) is 83.0 cm³/mol. The van der Waals surface area contributed by atoms with Gasteiger partial charge in [-0.3, -0.25) is 4.79 Å². The molecule has 1 heterocycles. The first-order chi connectivity index (χ1) is 9.76. The van der Waals surface area contributed by atoms with Gasteiger partial charge in [0.05, 0.1) is 6.54 Å². The van der Waals surface area contributed by atoms with Crippen LogP contribution in [0.4, 0.5) is 5.69 Å². The van der Waals surface area contributed by atoms with Crippen molar-refractivity contribution < 1.29 is 4.79 Å². The number of benzene rings is 1. The van der Waals surface area contributed by atoms with E-state index >= 15 is 0 Å². The molecule has 1 aromatic carbocycles. The number of rotatable bonds is 5. The molecule has 2 rings (SSSR count). The molecule has 20 heavy (non-hydrogen) atoms. The van der Waals surface area contributed by atoms with Crippen molar-refractivity contribution in [2.24, 2.45) is 0 Å². The lowest BCUT2D eigenvalue weighted by Crippen LogP contribution is -2.38. The molecule has 110 valence electrons. The fourth-order valence-corrected chi connectivity index (χ4v) is 2.79. The molecule has 1 amide bonds. The van der Waals surface area contributed by atoms with Crippen molar-refractivity contribution >= 4 is 11.6 Å². The van der Waals surface area contributed by atoms with Gasteiger partial charge in [0.2, 0.25) is 5.91 Å². The average Bonchev–Trinajstić information content (AvgIpc) is 2.65. The molecule has 4 heteroatoms. The van der Waals surface area contributed by atoms with Crippen molar-refractivity contribution in [2.75, 3.05) is 31.6 Å². The molecule has 1 unspecified atom stereocenters. The van der Waals surface area contributed by atoms with Gasteiger partial charge < -0.3 is 15.5 Å². The maximum atomic E-state index is 12.0. The molecule has 1 aliphatic rings. The SMILES string of the molecule is CCCNC(=O)CN1CCCC(NC)c2ccccc21. The molecule has 1 aliphatic heterocycles. The normalized spacial score (nSPS) is 18.3. The van der Waals surface area contributed by atoms with E-state index in [-0.39, 0.29) is 5.91 Å². The van der Waals surface area contributed by atoms with E-state index in [9.17, 15) is 4.79 Å². The van der Waals surface area contributed by atoms with E-state index in [1.807, 2.05) is 13.1 Å². The maximum absolute atomic E-state index is 12.0. The monoisotopic (exact) mass is 275 g/mol. The lowest BCUT2D eigenvalue weighted by Gasteiger charge is -2.25. The van der Waals surface area contributed by atoms with Gasteiger partial charge in [0.1, 0.15) is 0 Å². The van der Waals surface area contributed by atoms with E-state index in [0.717, 1.165) is 32.4 Å². The van der Waals surface area contributed by atoms with Gasteiger partial charge in [-0.15, -0.1) is 0 Å². The third-order valence-corrected chi connectivity index (χ3v) is 3.83. The van der Waals surface area contributed by atoms with Crippen LogP contribution in [0.5, 0.6) is 0 Å². The maximum Gasteiger partial charge on any atom is 0.239 e. The Labute approximate surface area is 121 Å². The van der Waals surface area contributed by atoms with Crippen LogP contribution in [0.15, 0.2) is 24.3 Å². The Morgan fingerprint density at radius 3 is 2.95 bits per heavy atom. The molecular weight excluding hydrogens is 250 g/mol. The summed E-state index contributed by atoms with van der Waals surface area (Å²) in [5.41, 5.74) is 2.49. The number of hydrogen-bond acceptors (Lipinski definition) is 3. The highest BCUT2D eigenvalue weighted by molar-refractivity contribution is 5.81. The standard InChI is InChI=1S/C16H25N3O/c1-3-10-18-16(20)12-19-11-6-8-14(17-2)13-7-4-5-9-15(13)19/h4-5,7,9,14,17H,3,6,8,10-12H2,1-2H3,(H,18,20). The van der Waals surface area contributed by atoms with Gasteiger partial charge in [-0.1, -0.05) is 25.1 Å². The van der Waals surface area contributed by atoms with Crippen LogP contribution in [-0.2, 0) is 4.79 Å². The summed E-state index contributed by atoms with van der Waals surface area (Å²) in [6.45, 7) is 4.22. The van der Waals surface area contributed by atoms with Crippen molar-refractivity contribution in [3.8, 4) is 0 Å².